The average molecular weight is 603 g/mol. The number of hydrogen-bond donors (Lipinski definition) is 3. The third-order valence-corrected chi connectivity index (χ3v) is 9.65. The molecule has 0 bridgehead atoms. The van der Waals surface area contributed by atoms with Crippen LogP contribution in [0.1, 0.15) is 51.0 Å². The summed E-state index contributed by atoms with van der Waals surface area (Å²) in [5.74, 6) is -0.874. The number of nitrogens with one attached hydrogen (secondary N) is 2. The van der Waals surface area contributed by atoms with Crippen LogP contribution in [-0.4, -0.2) is 69.2 Å². The van der Waals surface area contributed by atoms with Gasteiger partial charge in [-0.15, -0.1) is 0 Å². The van der Waals surface area contributed by atoms with E-state index in [0.29, 0.717) is 60.1 Å². The number of pyridine rings is 1. The van der Waals surface area contributed by atoms with E-state index >= 15 is 4.39 Å². The number of ether oxygens (including phenoxy) is 1. The van der Waals surface area contributed by atoms with Crippen molar-refractivity contribution in [2.24, 2.45) is 5.92 Å². The van der Waals surface area contributed by atoms with E-state index in [2.05, 4.69) is 30.5 Å². The molecule has 3 N–H and O–H groups in total. The van der Waals surface area contributed by atoms with Crippen molar-refractivity contribution in [1.29, 1.82) is 0 Å². The molecule has 1 atom stereocenters. The number of rotatable bonds is 9. The van der Waals surface area contributed by atoms with E-state index in [9.17, 15) is 14.3 Å². The number of aromatic nitrogens is 3. The predicted octanol–water partition coefficient (Wildman–Crippen LogP) is 5.34. The molecular formula is C33H36F2N6O3. The number of aromatic hydroxyl groups is 1. The lowest BCUT2D eigenvalue weighted by Gasteiger charge is -2.31. The van der Waals surface area contributed by atoms with Crippen LogP contribution in [0.25, 0.3) is 32.9 Å². The van der Waals surface area contributed by atoms with Gasteiger partial charge in [-0.1, -0.05) is 13.0 Å². The van der Waals surface area contributed by atoms with Crippen LogP contribution in [0.3, 0.4) is 0 Å². The molecule has 44 heavy (non-hydrogen) atoms. The molecule has 2 aromatic heterocycles. The average Bonchev–Trinajstić information content (AvgIpc) is 3.72. The molecule has 1 amide bonds. The molecule has 3 aliphatic rings. The van der Waals surface area contributed by atoms with Gasteiger partial charge < -0.3 is 20.5 Å². The number of phenolic OH excluding ortho intramolecular Hbond substituents is 1. The number of benzene rings is 2. The summed E-state index contributed by atoms with van der Waals surface area (Å²) in [6.07, 6.45) is 7.56. The molecule has 2 aromatic carbocycles. The fraction of sp³-hybridized carbons (Fsp3) is 0.455. The number of fused-ring (bicyclic) bond motifs is 3. The molecule has 5 heterocycles. The van der Waals surface area contributed by atoms with Crippen molar-refractivity contribution in [1.82, 2.24) is 25.2 Å². The summed E-state index contributed by atoms with van der Waals surface area (Å²) in [5.41, 5.74) is 0.614. The van der Waals surface area contributed by atoms with Crippen LogP contribution < -0.4 is 15.4 Å². The third kappa shape index (κ3) is 4.96. The topological polar surface area (TPSA) is 112 Å². The molecule has 7 rings (SSSR count). The van der Waals surface area contributed by atoms with E-state index in [1.807, 2.05) is 6.92 Å². The van der Waals surface area contributed by atoms with Crippen LogP contribution in [-0.2, 0) is 11.2 Å². The maximum Gasteiger partial charge on any atom is 0.319 e. The maximum absolute atomic E-state index is 16.6. The first-order chi connectivity index (χ1) is 21.4. The van der Waals surface area contributed by atoms with Crippen LogP contribution in [0.4, 0.5) is 14.6 Å². The van der Waals surface area contributed by atoms with Crippen molar-refractivity contribution in [3.63, 3.8) is 0 Å². The second-order valence-corrected chi connectivity index (χ2v) is 12.2. The summed E-state index contributed by atoms with van der Waals surface area (Å²) in [4.78, 5) is 28.2. The summed E-state index contributed by atoms with van der Waals surface area (Å²) < 4.78 is 37.7. The molecule has 230 valence electrons. The van der Waals surface area contributed by atoms with Gasteiger partial charge in [-0.2, -0.15) is 9.97 Å². The summed E-state index contributed by atoms with van der Waals surface area (Å²) >= 11 is 0. The van der Waals surface area contributed by atoms with Crippen LogP contribution in [0.15, 0.2) is 30.5 Å². The number of halogens is 2. The molecule has 0 spiro atoms. The number of hydrogen-bond acceptors (Lipinski definition) is 8. The predicted molar refractivity (Wildman–Crippen MR) is 164 cm³/mol. The third-order valence-electron chi connectivity index (χ3n) is 9.65. The van der Waals surface area contributed by atoms with E-state index in [0.717, 1.165) is 45.2 Å². The Morgan fingerprint density at radius 1 is 1.18 bits per heavy atom. The van der Waals surface area contributed by atoms with E-state index < -0.39 is 11.6 Å². The first-order valence-corrected chi connectivity index (χ1v) is 15.6. The largest absolute Gasteiger partial charge is 0.508 e. The fourth-order valence-corrected chi connectivity index (χ4v) is 7.40. The zero-order valence-electron chi connectivity index (χ0n) is 24.8. The Hall–Kier alpha value is -4.12. The van der Waals surface area contributed by atoms with Gasteiger partial charge in [0.1, 0.15) is 35.2 Å². The molecule has 11 heteroatoms. The number of nitrogens with zero attached hydrogens (tertiary/aromatic N) is 4. The molecular weight excluding hydrogens is 566 g/mol. The standard InChI is InChI=1S/C33H36F2N6O3/c1-2-22-25(34)6-5-20-15-21(42)16-23(26(20)22)28-27(35)29-24(17-38-28)30(36-11-7-19-8-12-37-31(19)43)40-32(39-29)44-18-33-9-3-13-41(33)14-4-10-33/h5-6,15-17,19,42H,2-4,7-14,18H2,1H3,(H,37,43)(H,36,39,40). The van der Waals surface area contributed by atoms with Gasteiger partial charge in [-0.25, -0.2) is 8.78 Å². The Morgan fingerprint density at radius 2 is 2.00 bits per heavy atom. The normalized spacial score (nSPS) is 19.5. The van der Waals surface area contributed by atoms with Gasteiger partial charge in [0.15, 0.2) is 5.82 Å². The molecule has 0 saturated carbocycles. The minimum atomic E-state index is -0.715. The van der Waals surface area contributed by atoms with Crippen molar-refractivity contribution in [2.45, 2.75) is 57.4 Å². The van der Waals surface area contributed by atoms with Crippen molar-refractivity contribution < 1.29 is 23.4 Å². The van der Waals surface area contributed by atoms with Gasteiger partial charge in [-0.05, 0) is 92.6 Å². The number of carbonyl (C=O) groups is 1. The van der Waals surface area contributed by atoms with Gasteiger partial charge in [0.05, 0.1) is 10.9 Å². The Kier molecular flexibility index (Phi) is 7.44. The minimum absolute atomic E-state index is 0.0132. The van der Waals surface area contributed by atoms with Gasteiger partial charge in [0, 0.05) is 30.8 Å². The molecule has 1 unspecified atom stereocenters. The van der Waals surface area contributed by atoms with Crippen LogP contribution in [0.5, 0.6) is 11.8 Å². The number of carbonyl (C=O) groups excluding carboxylic acids is 1. The quantitative estimate of drug-likeness (QED) is 0.236. The zero-order valence-corrected chi connectivity index (χ0v) is 24.8. The first kappa shape index (κ1) is 28.6. The van der Waals surface area contributed by atoms with Gasteiger partial charge in [-0.3, -0.25) is 14.7 Å². The summed E-state index contributed by atoms with van der Waals surface area (Å²) in [5, 5.41) is 18.1. The van der Waals surface area contributed by atoms with E-state index in [-0.39, 0.29) is 45.9 Å². The van der Waals surface area contributed by atoms with Gasteiger partial charge in [0.25, 0.3) is 0 Å². The molecule has 0 aliphatic carbocycles. The molecule has 4 aromatic rings. The second kappa shape index (κ2) is 11.4. The van der Waals surface area contributed by atoms with Gasteiger partial charge >= 0.3 is 6.01 Å². The second-order valence-electron chi connectivity index (χ2n) is 12.2. The fourth-order valence-electron chi connectivity index (χ4n) is 7.40. The lowest BCUT2D eigenvalue weighted by Crippen LogP contribution is -2.43. The monoisotopic (exact) mass is 602 g/mol. The Balaban J connectivity index is 1.30. The number of phenols is 1. The maximum atomic E-state index is 16.6. The smallest absolute Gasteiger partial charge is 0.319 e. The van der Waals surface area contributed by atoms with Crippen molar-refractivity contribution >= 4 is 33.4 Å². The van der Waals surface area contributed by atoms with Crippen LogP contribution >= 0.6 is 0 Å². The molecule has 3 saturated heterocycles. The lowest BCUT2D eigenvalue weighted by molar-refractivity contribution is -0.122. The molecule has 3 fully saturated rings. The van der Waals surface area contributed by atoms with E-state index in [1.54, 1.807) is 6.07 Å². The van der Waals surface area contributed by atoms with Crippen molar-refractivity contribution in [3.8, 4) is 23.0 Å². The summed E-state index contributed by atoms with van der Waals surface area (Å²) in [6, 6.07) is 5.93. The number of aryl methyl sites for hydroxylation is 1. The highest BCUT2D eigenvalue weighted by molar-refractivity contribution is 6.01. The Morgan fingerprint density at radius 3 is 2.75 bits per heavy atom. The Labute approximate surface area is 254 Å². The van der Waals surface area contributed by atoms with E-state index in [1.165, 1.54) is 24.4 Å². The Bertz CT molecular complexity index is 1760. The minimum Gasteiger partial charge on any atom is -0.508 e. The van der Waals surface area contributed by atoms with Crippen LogP contribution in [0, 0.1) is 17.6 Å². The van der Waals surface area contributed by atoms with Crippen LogP contribution in [0.2, 0.25) is 0 Å². The highest BCUT2D eigenvalue weighted by atomic mass is 19.1. The first-order valence-electron chi connectivity index (χ1n) is 15.6. The molecule has 3 aliphatic heterocycles. The summed E-state index contributed by atoms with van der Waals surface area (Å²) in [7, 11) is 0. The lowest BCUT2D eigenvalue weighted by atomic mass is 9.94. The number of amides is 1. The highest BCUT2D eigenvalue weighted by Gasteiger charge is 2.45. The molecule has 0 radical (unpaired) electrons. The zero-order chi connectivity index (χ0) is 30.4. The van der Waals surface area contributed by atoms with E-state index in [4.69, 9.17) is 4.74 Å². The highest BCUT2D eigenvalue weighted by Crippen LogP contribution is 2.40. The SMILES string of the molecule is CCc1c(F)ccc2cc(O)cc(-c3ncc4c(NCCC5CCNC5=O)nc(OCC56CCCN5CCC6)nc4c3F)c12. The molecule has 9 nitrogen and oxygen atoms in total. The van der Waals surface area contributed by atoms with Gasteiger partial charge in [0.2, 0.25) is 5.91 Å². The summed E-state index contributed by atoms with van der Waals surface area (Å²) in [6.45, 7) is 5.45. The van der Waals surface area contributed by atoms with Crippen molar-refractivity contribution in [3.05, 3.63) is 47.7 Å². The number of anilines is 1. The van der Waals surface area contributed by atoms with Crippen molar-refractivity contribution in [2.75, 3.05) is 38.1 Å².